The van der Waals surface area contributed by atoms with Crippen molar-refractivity contribution in [1.29, 1.82) is 0 Å². The molecule has 3 heterocycles. The molecule has 4 amide bonds. The highest BCUT2D eigenvalue weighted by molar-refractivity contribution is 6.18. The third kappa shape index (κ3) is 4.81. The van der Waals surface area contributed by atoms with Crippen LogP contribution < -0.4 is 15.5 Å². The van der Waals surface area contributed by atoms with Gasteiger partial charge in [0.05, 0.1) is 13.7 Å². The van der Waals surface area contributed by atoms with Gasteiger partial charge in [0.1, 0.15) is 17.5 Å². The van der Waals surface area contributed by atoms with E-state index in [4.69, 9.17) is 9.57 Å². The van der Waals surface area contributed by atoms with Gasteiger partial charge in [-0.2, -0.15) is 0 Å². The molecule has 11 nitrogen and oxygen atoms in total. The molecule has 2 N–H and O–H groups in total. The Morgan fingerprint density at radius 2 is 1.81 bits per heavy atom. The highest BCUT2D eigenvalue weighted by Crippen LogP contribution is 2.26. The van der Waals surface area contributed by atoms with Crippen LogP contribution in [-0.4, -0.2) is 72.2 Å². The zero-order valence-electron chi connectivity index (χ0n) is 20.3. The van der Waals surface area contributed by atoms with Crippen LogP contribution in [0.4, 0.5) is 0 Å². The molecule has 0 radical (unpaired) electrons. The lowest BCUT2D eigenvalue weighted by atomic mass is 10.0. The molecule has 11 heteroatoms. The molecular formula is C26H25N5O6. The Morgan fingerprint density at radius 1 is 1.08 bits per heavy atom. The van der Waals surface area contributed by atoms with Crippen LogP contribution in [0.2, 0.25) is 0 Å². The number of amides is 4. The van der Waals surface area contributed by atoms with Gasteiger partial charge in [0, 0.05) is 25.1 Å². The Hall–Kier alpha value is -4.51. The number of rotatable bonds is 7. The van der Waals surface area contributed by atoms with Crippen LogP contribution in [0.15, 0.2) is 65.3 Å². The summed E-state index contributed by atoms with van der Waals surface area (Å²) < 4.78 is 5.32. The van der Waals surface area contributed by atoms with Gasteiger partial charge in [-0.15, -0.1) is 0 Å². The molecule has 190 valence electrons. The number of hydrogen-bond acceptors (Lipinski definition) is 9. The third-order valence-corrected chi connectivity index (χ3v) is 6.40. The van der Waals surface area contributed by atoms with Gasteiger partial charge in [0.15, 0.2) is 12.1 Å². The number of piperidine rings is 1. The lowest BCUT2D eigenvalue weighted by molar-refractivity contribution is -0.150. The second-order valence-corrected chi connectivity index (χ2v) is 8.86. The summed E-state index contributed by atoms with van der Waals surface area (Å²) in [6.07, 6.45) is 0.715. The molecule has 2 aromatic carbocycles. The Labute approximate surface area is 212 Å². The van der Waals surface area contributed by atoms with E-state index in [0.717, 1.165) is 27.3 Å². The van der Waals surface area contributed by atoms with Crippen LogP contribution in [0.3, 0.4) is 0 Å². The van der Waals surface area contributed by atoms with Crippen molar-refractivity contribution in [2.75, 3.05) is 20.7 Å². The van der Waals surface area contributed by atoms with E-state index in [1.807, 2.05) is 48.5 Å². The van der Waals surface area contributed by atoms with Crippen LogP contribution in [0.5, 0.6) is 5.75 Å². The minimum Gasteiger partial charge on any atom is -0.497 e. The molecule has 1 fully saturated rings. The van der Waals surface area contributed by atoms with E-state index in [-0.39, 0.29) is 25.1 Å². The van der Waals surface area contributed by atoms with Crippen LogP contribution in [-0.2, 0) is 24.0 Å². The van der Waals surface area contributed by atoms with Crippen molar-refractivity contribution in [3.05, 3.63) is 65.9 Å². The quantitative estimate of drug-likeness (QED) is 0.535. The number of likely N-dealkylation sites (N-methyl/N-ethyl adjacent to an activating group) is 1. The Morgan fingerprint density at radius 3 is 2.57 bits per heavy atom. The smallest absolute Gasteiger partial charge is 0.277 e. The van der Waals surface area contributed by atoms with Crippen molar-refractivity contribution in [2.45, 2.75) is 25.1 Å². The summed E-state index contributed by atoms with van der Waals surface area (Å²) in [5, 5.41) is 2.18. The zero-order chi connectivity index (χ0) is 26.1. The van der Waals surface area contributed by atoms with Crippen molar-refractivity contribution in [1.82, 2.24) is 20.6 Å². The maximum Gasteiger partial charge on any atom is 0.277 e. The fraction of sp³-hybridized carbons (Fsp3) is 0.269. The Bertz CT molecular complexity index is 1350. The Balaban J connectivity index is 1.26. The van der Waals surface area contributed by atoms with E-state index in [2.05, 4.69) is 15.8 Å². The summed E-state index contributed by atoms with van der Waals surface area (Å²) in [6.45, 7) is 0.181. The first kappa shape index (κ1) is 24.2. The number of benzene rings is 2. The second kappa shape index (κ2) is 9.86. The van der Waals surface area contributed by atoms with E-state index < -0.39 is 35.9 Å². The molecule has 2 aromatic rings. The van der Waals surface area contributed by atoms with Crippen molar-refractivity contribution in [3.63, 3.8) is 0 Å². The summed E-state index contributed by atoms with van der Waals surface area (Å²) >= 11 is 0. The normalized spacial score (nSPS) is 21.4. The average molecular weight is 504 g/mol. The third-order valence-electron chi connectivity index (χ3n) is 6.40. The highest BCUT2D eigenvalue weighted by Gasteiger charge is 2.43. The Kier molecular flexibility index (Phi) is 6.45. The van der Waals surface area contributed by atoms with Gasteiger partial charge in [-0.05, 0) is 35.7 Å². The minimum absolute atomic E-state index is 0.0662. The predicted molar refractivity (Wildman–Crippen MR) is 132 cm³/mol. The summed E-state index contributed by atoms with van der Waals surface area (Å²) in [7, 11) is 3.27. The number of nitrogens with one attached hydrogen (secondary N) is 2. The van der Waals surface area contributed by atoms with E-state index >= 15 is 0 Å². The maximum absolute atomic E-state index is 13.0. The SMILES string of the molecule is COc1cccc(-c2cccc(C3=NC(CN(C)C4=CC(=O)N(C5CCC(=O)NC5=O)C4=O)ON3)c2)c1. The summed E-state index contributed by atoms with van der Waals surface area (Å²) in [6, 6.07) is 14.5. The van der Waals surface area contributed by atoms with Crippen LogP contribution in [0, 0.1) is 0 Å². The van der Waals surface area contributed by atoms with E-state index in [9.17, 15) is 19.2 Å². The van der Waals surface area contributed by atoms with Crippen molar-refractivity contribution >= 4 is 29.5 Å². The van der Waals surface area contributed by atoms with Gasteiger partial charge in [-0.1, -0.05) is 30.3 Å². The monoisotopic (exact) mass is 503 g/mol. The molecule has 0 aromatic heterocycles. The first-order valence-corrected chi connectivity index (χ1v) is 11.7. The first-order chi connectivity index (χ1) is 17.8. The number of carbonyl (C=O) groups is 4. The topological polar surface area (TPSA) is 130 Å². The number of imide groups is 2. The van der Waals surface area contributed by atoms with Gasteiger partial charge in [0.2, 0.25) is 11.8 Å². The van der Waals surface area contributed by atoms with Crippen LogP contribution in [0.25, 0.3) is 11.1 Å². The van der Waals surface area contributed by atoms with E-state index in [0.29, 0.717) is 5.84 Å². The van der Waals surface area contributed by atoms with Gasteiger partial charge in [-0.3, -0.25) is 29.4 Å². The maximum atomic E-state index is 13.0. The molecule has 3 aliphatic heterocycles. The molecule has 0 aliphatic carbocycles. The molecule has 3 aliphatic rings. The number of amidine groups is 1. The molecule has 37 heavy (non-hydrogen) atoms. The van der Waals surface area contributed by atoms with Gasteiger partial charge in [-0.25, -0.2) is 15.3 Å². The molecule has 2 unspecified atom stereocenters. The zero-order valence-corrected chi connectivity index (χ0v) is 20.3. The lowest BCUT2D eigenvalue weighted by Gasteiger charge is -2.29. The van der Waals surface area contributed by atoms with E-state index in [1.165, 1.54) is 6.08 Å². The van der Waals surface area contributed by atoms with Crippen molar-refractivity contribution in [3.8, 4) is 16.9 Å². The van der Waals surface area contributed by atoms with Gasteiger partial charge in [0.25, 0.3) is 11.8 Å². The van der Waals surface area contributed by atoms with Gasteiger partial charge >= 0.3 is 0 Å². The highest BCUT2D eigenvalue weighted by atomic mass is 16.7. The standard InChI is InChI=1S/C26H25N5O6/c1-30(20-13-23(33)31(26(20)35)19-9-10-21(32)27-25(19)34)14-22-28-24(29-37-22)17-7-3-5-15(11-17)16-6-4-8-18(12-16)36-2/h3-8,11-13,19,22H,9-10,14H2,1-2H3,(H,28,29)(H,27,32,34). The predicted octanol–water partition coefficient (Wildman–Crippen LogP) is 0.959. The first-order valence-electron chi connectivity index (χ1n) is 11.7. The second-order valence-electron chi connectivity index (χ2n) is 8.86. The number of ether oxygens (including phenoxy) is 1. The summed E-state index contributed by atoms with van der Waals surface area (Å²) in [4.78, 5) is 61.8. The molecule has 0 bridgehead atoms. The van der Waals surface area contributed by atoms with Crippen molar-refractivity contribution in [2.24, 2.45) is 4.99 Å². The lowest BCUT2D eigenvalue weighted by Crippen LogP contribution is -2.55. The number of carbonyl (C=O) groups excluding carboxylic acids is 4. The van der Waals surface area contributed by atoms with Crippen LogP contribution >= 0.6 is 0 Å². The van der Waals surface area contributed by atoms with Crippen LogP contribution in [0.1, 0.15) is 18.4 Å². The number of hydrogen-bond donors (Lipinski definition) is 2. The minimum atomic E-state index is -1.01. The van der Waals surface area contributed by atoms with Gasteiger partial charge < -0.3 is 9.64 Å². The molecule has 1 saturated heterocycles. The molecular weight excluding hydrogens is 478 g/mol. The number of hydroxylamine groups is 1. The van der Waals surface area contributed by atoms with E-state index in [1.54, 1.807) is 19.1 Å². The molecule has 0 saturated carbocycles. The van der Waals surface area contributed by atoms with Crippen molar-refractivity contribution < 1.29 is 28.8 Å². The number of methoxy groups -OCH3 is 1. The summed E-state index contributed by atoms with van der Waals surface area (Å²) in [5.41, 5.74) is 5.77. The molecule has 2 atom stereocenters. The fourth-order valence-electron chi connectivity index (χ4n) is 4.48. The number of nitrogens with zero attached hydrogens (tertiary/aromatic N) is 3. The number of aliphatic imine (C=N–C) groups is 1. The largest absolute Gasteiger partial charge is 0.497 e. The fourth-order valence-corrected chi connectivity index (χ4v) is 4.48. The average Bonchev–Trinajstić information content (AvgIpc) is 3.48. The molecule has 0 spiro atoms. The summed E-state index contributed by atoms with van der Waals surface area (Å²) in [5.74, 6) is -0.955. The molecule has 5 rings (SSSR count).